The Kier molecular flexibility index (Phi) is 4.23. The molecule has 0 amide bonds. The highest BCUT2D eigenvalue weighted by atomic mass is 16.5. The van der Waals surface area contributed by atoms with Crippen molar-refractivity contribution in [1.82, 2.24) is 4.57 Å². The van der Waals surface area contributed by atoms with E-state index in [0.29, 0.717) is 13.2 Å². The van der Waals surface area contributed by atoms with Gasteiger partial charge in [0, 0.05) is 18.0 Å². The third-order valence-corrected chi connectivity index (χ3v) is 2.83. The predicted octanol–water partition coefficient (Wildman–Crippen LogP) is 2.78. The molecule has 4 heteroatoms. The maximum absolute atomic E-state index is 11.2. The van der Waals surface area contributed by atoms with Gasteiger partial charge in [-0.25, -0.2) is 0 Å². The average molecular weight is 259 g/mol. The van der Waals surface area contributed by atoms with Crippen molar-refractivity contribution >= 4 is 5.78 Å². The van der Waals surface area contributed by atoms with Crippen LogP contribution in [0.25, 0.3) is 0 Å². The Morgan fingerprint density at radius 1 is 1.21 bits per heavy atom. The van der Waals surface area contributed by atoms with E-state index in [4.69, 9.17) is 9.47 Å². The molecule has 0 aliphatic carbocycles. The maximum Gasteiger partial charge on any atom is 0.161 e. The first-order chi connectivity index (χ1) is 9.20. The summed E-state index contributed by atoms with van der Waals surface area (Å²) in [5.74, 6) is 1.52. The third-order valence-electron chi connectivity index (χ3n) is 2.83. The Labute approximate surface area is 112 Å². The number of para-hydroxylation sites is 2. The van der Waals surface area contributed by atoms with Gasteiger partial charge in [0.15, 0.2) is 17.3 Å². The van der Waals surface area contributed by atoms with Gasteiger partial charge in [0.05, 0.1) is 13.7 Å². The van der Waals surface area contributed by atoms with E-state index in [9.17, 15) is 4.79 Å². The zero-order valence-electron chi connectivity index (χ0n) is 11.1. The lowest BCUT2D eigenvalue weighted by molar-refractivity contribution is 0.101. The fourth-order valence-electron chi connectivity index (χ4n) is 1.79. The molecule has 0 bridgehead atoms. The molecule has 2 aromatic rings. The molecule has 0 saturated heterocycles. The van der Waals surface area contributed by atoms with Crippen molar-refractivity contribution < 1.29 is 14.3 Å². The maximum atomic E-state index is 11.2. The lowest BCUT2D eigenvalue weighted by Crippen LogP contribution is -2.07. The van der Waals surface area contributed by atoms with Crippen LogP contribution in [0, 0.1) is 0 Å². The van der Waals surface area contributed by atoms with E-state index in [1.807, 2.05) is 47.3 Å². The van der Waals surface area contributed by atoms with Crippen molar-refractivity contribution in [3.05, 3.63) is 48.3 Å². The van der Waals surface area contributed by atoms with Crippen LogP contribution in [-0.4, -0.2) is 24.1 Å². The van der Waals surface area contributed by atoms with Gasteiger partial charge in [-0.1, -0.05) is 12.1 Å². The van der Waals surface area contributed by atoms with E-state index in [2.05, 4.69) is 0 Å². The standard InChI is InChI=1S/C15H17NO3/c1-12(17)13-7-8-16(11-13)9-10-19-15-6-4-3-5-14(15)18-2/h3-8,11H,9-10H2,1-2H3. The molecule has 0 aliphatic heterocycles. The van der Waals surface area contributed by atoms with Gasteiger partial charge >= 0.3 is 0 Å². The number of carbonyl (C=O) groups is 1. The Balaban J connectivity index is 1.90. The lowest BCUT2D eigenvalue weighted by atomic mass is 10.2. The molecule has 4 nitrogen and oxygen atoms in total. The molecule has 0 atom stereocenters. The van der Waals surface area contributed by atoms with Crippen LogP contribution >= 0.6 is 0 Å². The van der Waals surface area contributed by atoms with Gasteiger partial charge in [0.1, 0.15) is 6.61 Å². The molecule has 1 aromatic heterocycles. The van der Waals surface area contributed by atoms with Crippen LogP contribution in [-0.2, 0) is 6.54 Å². The third kappa shape index (κ3) is 3.37. The second kappa shape index (κ2) is 6.09. The van der Waals surface area contributed by atoms with Gasteiger partial charge in [-0.15, -0.1) is 0 Å². The quantitative estimate of drug-likeness (QED) is 0.749. The van der Waals surface area contributed by atoms with E-state index < -0.39 is 0 Å². The fraction of sp³-hybridized carbons (Fsp3) is 0.267. The number of hydrogen-bond acceptors (Lipinski definition) is 3. The van der Waals surface area contributed by atoms with Crippen LogP contribution in [0.3, 0.4) is 0 Å². The van der Waals surface area contributed by atoms with Crippen molar-refractivity contribution in [3.63, 3.8) is 0 Å². The molecular formula is C15H17NO3. The molecule has 0 N–H and O–H groups in total. The molecule has 1 aromatic carbocycles. The highest BCUT2D eigenvalue weighted by Gasteiger charge is 2.04. The van der Waals surface area contributed by atoms with E-state index in [1.54, 1.807) is 14.0 Å². The van der Waals surface area contributed by atoms with Crippen molar-refractivity contribution in [2.75, 3.05) is 13.7 Å². The minimum absolute atomic E-state index is 0.0735. The minimum atomic E-state index is 0.0735. The number of methoxy groups -OCH3 is 1. The highest BCUT2D eigenvalue weighted by molar-refractivity contribution is 5.93. The summed E-state index contributed by atoms with van der Waals surface area (Å²) >= 11 is 0. The summed E-state index contributed by atoms with van der Waals surface area (Å²) < 4.78 is 12.8. The molecule has 2 rings (SSSR count). The van der Waals surface area contributed by atoms with Crippen LogP contribution in [0.5, 0.6) is 11.5 Å². The number of rotatable bonds is 6. The van der Waals surface area contributed by atoms with Gasteiger partial charge in [-0.3, -0.25) is 4.79 Å². The molecule has 0 aliphatic rings. The Morgan fingerprint density at radius 2 is 1.95 bits per heavy atom. The molecular weight excluding hydrogens is 242 g/mol. The Morgan fingerprint density at radius 3 is 2.58 bits per heavy atom. The summed E-state index contributed by atoms with van der Waals surface area (Å²) in [4.78, 5) is 11.2. The SMILES string of the molecule is COc1ccccc1OCCn1ccc(C(C)=O)c1. The smallest absolute Gasteiger partial charge is 0.161 e. The molecule has 0 radical (unpaired) electrons. The summed E-state index contributed by atoms with van der Waals surface area (Å²) in [6.07, 6.45) is 3.70. The zero-order valence-corrected chi connectivity index (χ0v) is 11.1. The lowest BCUT2D eigenvalue weighted by Gasteiger charge is -2.10. The topological polar surface area (TPSA) is 40.5 Å². The predicted molar refractivity (Wildman–Crippen MR) is 72.9 cm³/mol. The zero-order chi connectivity index (χ0) is 13.7. The molecule has 1 heterocycles. The first-order valence-electron chi connectivity index (χ1n) is 6.13. The van der Waals surface area contributed by atoms with Crippen molar-refractivity contribution in [2.24, 2.45) is 0 Å². The van der Waals surface area contributed by atoms with Crippen LogP contribution in [0.2, 0.25) is 0 Å². The second-order valence-electron chi connectivity index (χ2n) is 4.19. The first-order valence-corrected chi connectivity index (χ1v) is 6.13. The Hall–Kier alpha value is -2.23. The summed E-state index contributed by atoms with van der Waals surface area (Å²) in [5.41, 5.74) is 0.720. The molecule has 19 heavy (non-hydrogen) atoms. The number of ketones is 1. The summed E-state index contributed by atoms with van der Waals surface area (Å²) in [7, 11) is 1.62. The van der Waals surface area contributed by atoms with E-state index in [0.717, 1.165) is 17.1 Å². The summed E-state index contributed by atoms with van der Waals surface area (Å²) in [6, 6.07) is 9.35. The van der Waals surface area contributed by atoms with Crippen LogP contribution in [0.15, 0.2) is 42.7 Å². The number of nitrogens with zero attached hydrogens (tertiary/aromatic N) is 1. The van der Waals surface area contributed by atoms with Crippen molar-refractivity contribution in [1.29, 1.82) is 0 Å². The van der Waals surface area contributed by atoms with Crippen LogP contribution < -0.4 is 9.47 Å². The molecule has 100 valence electrons. The van der Waals surface area contributed by atoms with Crippen molar-refractivity contribution in [3.8, 4) is 11.5 Å². The van der Waals surface area contributed by atoms with E-state index in [-0.39, 0.29) is 5.78 Å². The van der Waals surface area contributed by atoms with Gasteiger partial charge in [0.2, 0.25) is 0 Å². The molecule has 0 fully saturated rings. The Bertz CT molecular complexity index is 560. The second-order valence-corrected chi connectivity index (χ2v) is 4.19. The van der Waals surface area contributed by atoms with Gasteiger partial charge in [0.25, 0.3) is 0 Å². The average Bonchev–Trinajstić information content (AvgIpc) is 2.88. The van der Waals surface area contributed by atoms with Crippen LogP contribution in [0.1, 0.15) is 17.3 Å². The normalized spacial score (nSPS) is 10.2. The highest BCUT2D eigenvalue weighted by Crippen LogP contribution is 2.25. The number of benzene rings is 1. The molecule has 0 spiro atoms. The van der Waals surface area contributed by atoms with E-state index >= 15 is 0 Å². The minimum Gasteiger partial charge on any atom is -0.493 e. The fourth-order valence-corrected chi connectivity index (χ4v) is 1.79. The largest absolute Gasteiger partial charge is 0.493 e. The van der Waals surface area contributed by atoms with Gasteiger partial charge in [-0.2, -0.15) is 0 Å². The van der Waals surface area contributed by atoms with Crippen molar-refractivity contribution in [2.45, 2.75) is 13.5 Å². The van der Waals surface area contributed by atoms with E-state index in [1.165, 1.54) is 0 Å². The number of Topliss-reactive ketones (excluding diaryl/α,β-unsaturated/α-hetero) is 1. The summed E-state index contributed by atoms with van der Waals surface area (Å²) in [6.45, 7) is 2.77. The molecule has 0 saturated carbocycles. The first kappa shape index (κ1) is 13.2. The number of carbonyl (C=O) groups excluding carboxylic acids is 1. The van der Waals surface area contributed by atoms with Gasteiger partial charge < -0.3 is 14.0 Å². The monoisotopic (exact) mass is 259 g/mol. The number of ether oxygens (including phenoxy) is 2. The summed E-state index contributed by atoms with van der Waals surface area (Å²) in [5, 5.41) is 0. The number of hydrogen-bond donors (Lipinski definition) is 0. The number of aromatic nitrogens is 1. The van der Waals surface area contributed by atoms with Crippen LogP contribution in [0.4, 0.5) is 0 Å². The van der Waals surface area contributed by atoms with Gasteiger partial charge in [-0.05, 0) is 25.1 Å². The molecule has 0 unspecified atom stereocenters.